The van der Waals surface area contributed by atoms with E-state index in [0.717, 1.165) is 29.9 Å². The van der Waals surface area contributed by atoms with Gasteiger partial charge >= 0.3 is 0 Å². The van der Waals surface area contributed by atoms with Crippen molar-refractivity contribution in [3.63, 3.8) is 0 Å². The van der Waals surface area contributed by atoms with E-state index in [1.165, 1.54) is 0 Å². The predicted octanol–water partition coefficient (Wildman–Crippen LogP) is 2.13. The number of nitrogens with two attached hydrogens (primary N) is 1. The predicted molar refractivity (Wildman–Crippen MR) is 76.8 cm³/mol. The molecule has 1 atom stereocenters. The van der Waals surface area contributed by atoms with Crippen molar-refractivity contribution in [3.8, 4) is 11.5 Å². The van der Waals surface area contributed by atoms with Crippen molar-refractivity contribution in [1.82, 2.24) is 0 Å². The average molecular weight is 267 g/mol. The molecule has 1 unspecified atom stereocenters. The lowest BCUT2D eigenvalue weighted by molar-refractivity contribution is 0.262. The second-order valence-electron chi connectivity index (χ2n) is 4.61. The van der Waals surface area contributed by atoms with E-state index < -0.39 is 0 Å². The number of benzene rings is 1. The number of ether oxygens (including phenoxy) is 2. The smallest absolute Gasteiger partial charge is 0.122 e. The molecule has 0 aliphatic carbocycles. The summed E-state index contributed by atoms with van der Waals surface area (Å²) in [7, 11) is 0. The third-order valence-corrected chi connectivity index (χ3v) is 2.68. The molecule has 1 rings (SSSR count). The van der Waals surface area contributed by atoms with E-state index in [1.807, 2.05) is 18.2 Å². The fourth-order valence-corrected chi connectivity index (χ4v) is 1.72. The maximum atomic E-state index is 9.08. The second-order valence-corrected chi connectivity index (χ2v) is 4.61. The van der Waals surface area contributed by atoms with Gasteiger partial charge in [-0.1, -0.05) is 13.8 Å². The number of rotatable bonds is 9. The summed E-state index contributed by atoms with van der Waals surface area (Å²) in [6.07, 6.45) is 2.51. The lowest BCUT2D eigenvalue weighted by Gasteiger charge is -2.15. The van der Waals surface area contributed by atoms with Crippen molar-refractivity contribution in [3.05, 3.63) is 23.8 Å². The Kier molecular flexibility index (Phi) is 7.30. The molecule has 4 heteroatoms. The molecule has 3 N–H and O–H groups in total. The molecule has 0 spiro atoms. The fraction of sp³-hybridized carbons (Fsp3) is 0.600. The van der Waals surface area contributed by atoms with E-state index in [1.54, 1.807) is 0 Å². The minimum Gasteiger partial charge on any atom is -0.494 e. The van der Waals surface area contributed by atoms with Crippen LogP contribution >= 0.6 is 0 Å². The quantitative estimate of drug-likeness (QED) is 0.719. The first-order valence-corrected chi connectivity index (χ1v) is 6.96. The largest absolute Gasteiger partial charge is 0.494 e. The van der Waals surface area contributed by atoms with Crippen molar-refractivity contribution in [2.24, 2.45) is 5.73 Å². The van der Waals surface area contributed by atoms with Gasteiger partial charge in [-0.05, 0) is 43.0 Å². The summed E-state index contributed by atoms with van der Waals surface area (Å²) < 4.78 is 11.3. The van der Waals surface area contributed by atoms with Crippen LogP contribution in [-0.4, -0.2) is 31.0 Å². The highest BCUT2D eigenvalue weighted by Gasteiger charge is 2.10. The maximum Gasteiger partial charge on any atom is 0.122 e. The zero-order valence-electron chi connectivity index (χ0n) is 11.9. The molecule has 0 amide bonds. The van der Waals surface area contributed by atoms with Crippen LogP contribution in [0, 0.1) is 0 Å². The van der Waals surface area contributed by atoms with E-state index in [2.05, 4.69) is 13.8 Å². The van der Waals surface area contributed by atoms with E-state index >= 15 is 0 Å². The number of aliphatic hydroxyl groups is 1. The Balaban J connectivity index is 2.83. The molecule has 4 nitrogen and oxygen atoms in total. The molecule has 0 bridgehead atoms. The average Bonchev–Trinajstić information content (AvgIpc) is 2.43. The summed E-state index contributed by atoms with van der Waals surface area (Å²) in [5.74, 6) is 1.65. The Labute approximate surface area is 115 Å². The first kappa shape index (κ1) is 15.8. The molecule has 0 saturated heterocycles. The molecule has 0 aliphatic rings. The van der Waals surface area contributed by atoms with E-state index in [0.29, 0.717) is 19.6 Å². The van der Waals surface area contributed by atoms with Crippen LogP contribution in [0.5, 0.6) is 11.5 Å². The van der Waals surface area contributed by atoms with Gasteiger partial charge in [0, 0.05) is 6.04 Å². The number of hydrogen-bond donors (Lipinski definition) is 2. The third-order valence-electron chi connectivity index (χ3n) is 2.68. The van der Waals surface area contributed by atoms with Crippen LogP contribution in [0.2, 0.25) is 0 Å². The van der Waals surface area contributed by atoms with Crippen LogP contribution in [0.4, 0.5) is 0 Å². The SMILES string of the molecule is CCCOc1ccc(OCCC)c(CC(N)CO)c1. The molecule has 0 saturated carbocycles. The highest BCUT2D eigenvalue weighted by atomic mass is 16.5. The highest BCUT2D eigenvalue weighted by Crippen LogP contribution is 2.25. The van der Waals surface area contributed by atoms with Gasteiger partial charge in [0.15, 0.2) is 0 Å². The monoisotopic (exact) mass is 267 g/mol. The summed E-state index contributed by atoms with van der Waals surface area (Å²) in [4.78, 5) is 0. The molecule has 1 aromatic rings. The zero-order valence-corrected chi connectivity index (χ0v) is 11.9. The standard InChI is InChI=1S/C15H25NO3/c1-3-7-18-14-5-6-15(19-8-4-2)12(10-14)9-13(16)11-17/h5-6,10,13,17H,3-4,7-9,11,16H2,1-2H3. The topological polar surface area (TPSA) is 64.7 Å². The van der Waals surface area contributed by atoms with Gasteiger partial charge < -0.3 is 20.3 Å². The molecule has 1 aromatic carbocycles. The Bertz CT molecular complexity index is 368. The van der Waals surface area contributed by atoms with Crippen molar-refractivity contribution in [2.45, 2.75) is 39.2 Å². The first-order valence-electron chi connectivity index (χ1n) is 6.96. The van der Waals surface area contributed by atoms with Crippen LogP contribution < -0.4 is 15.2 Å². The van der Waals surface area contributed by atoms with Crippen LogP contribution in [-0.2, 0) is 6.42 Å². The van der Waals surface area contributed by atoms with Crippen molar-refractivity contribution < 1.29 is 14.6 Å². The molecule has 0 heterocycles. The van der Waals surface area contributed by atoms with E-state index in [9.17, 15) is 0 Å². The molecular weight excluding hydrogens is 242 g/mol. The minimum atomic E-state index is -0.273. The second kappa shape index (κ2) is 8.77. The molecule has 19 heavy (non-hydrogen) atoms. The summed E-state index contributed by atoms with van der Waals surface area (Å²) in [6.45, 7) is 5.48. The van der Waals surface area contributed by atoms with Gasteiger partial charge in [0.05, 0.1) is 19.8 Å². The van der Waals surface area contributed by atoms with E-state index in [-0.39, 0.29) is 12.6 Å². The molecule has 0 fully saturated rings. The highest BCUT2D eigenvalue weighted by molar-refractivity contribution is 5.41. The Hall–Kier alpha value is -1.26. The van der Waals surface area contributed by atoms with Crippen molar-refractivity contribution >= 4 is 0 Å². The molecule has 0 aliphatic heterocycles. The summed E-state index contributed by atoms with van der Waals surface area (Å²) in [5, 5.41) is 9.08. The molecular formula is C15H25NO3. The van der Waals surface area contributed by atoms with Gasteiger partial charge in [-0.15, -0.1) is 0 Å². The van der Waals surface area contributed by atoms with Gasteiger partial charge in [-0.2, -0.15) is 0 Å². The summed E-state index contributed by atoms with van der Waals surface area (Å²) >= 11 is 0. The Morgan fingerprint density at radius 3 is 2.47 bits per heavy atom. The van der Waals surface area contributed by atoms with Crippen LogP contribution in [0.3, 0.4) is 0 Å². The molecule has 0 aromatic heterocycles. The zero-order chi connectivity index (χ0) is 14.1. The maximum absolute atomic E-state index is 9.08. The summed E-state index contributed by atoms with van der Waals surface area (Å²) in [5.41, 5.74) is 6.80. The Morgan fingerprint density at radius 2 is 1.84 bits per heavy atom. The summed E-state index contributed by atoms with van der Waals surface area (Å²) in [6, 6.07) is 5.51. The lowest BCUT2D eigenvalue weighted by Crippen LogP contribution is -2.27. The van der Waals surface area contributed by atoms with Gasteiger partial charge in [0.1, 0.15) is 11.5 Å². The van der Waals surface area contributed by atoms with Crippen LogP contribution in [0.25, 0.3) is 0 Å². The molecule has 108 valence electrons. The van der Waals surface area contributed by atoms with Gasteiger partial charge in [-0.25, -0.2) is 0 Å². The van der Waals surface area contributed by atoms with Crippen molar-refractivity contribution in [2.75, 3.05) is 19.8 Å². The fourth-order valence-electron chi connectivity index (χ4n) is 1.72. The lowest BCUT2D eigenvalue weighted by atomic mass is 10.1. The van der Waals surface area contributed by atoms with E-state index in [4.69, 9.17) is 20.3 Å². The van der Waals surface area contributed by atoms with Crippen LogP contribution in [0.1, 0.15) is 32.3 Å². The van der Waals surface area contributed by atoms with Gasteiger partial charge in [-0.3, -0.25) is 0 Å². The number of aliphatic hydroxyl groups excluding tert-OH is 1. The van der Waals surface area contributed by atoms with Gasteiger partial charge in [0.2, 0.25) is 0 Å². The first-order chi connectivity index (χ1) is 9.21. The van der Waals surface area contributed by atoms with Crippen molar-refractivity contribution in [1.29, 1.82) is 0 Å². The number of hydrogen-bond acceptors (Lipinski definition) is 4. The van der Waals surface area contributed by atoms with Gasteiger partial charge in [0.25, 0.3) is 0 Å². The van der Waals surface area contributed by atoms with Crippen LogP contribution in [0.15, 0.2) is 18.2 Å². The third kappa shape index (κ3) is 5.49. The normalized spacial score (nSPS) is 12.2. The Morgan fingerprint density at radius 1 is 1.16 bits per heavy atom. The minimum absolute atomic E-state index is 0.0345. The molecule has 0 radical (unpaired) electrons.